The van der Waals surface area contributed by atoms with Gasteiger partial charge in [-0.05, 0) is 37.3 Å². The van der Waals surface area contributed by atoms with E-state index in [-0.39, 0.29) is 11.7 Å². The van der Waals surface area contributed by atoms with Crippen molar-refractivity contribution in [2.75, 3.05) is 5.32 Å². The number of anilines is 1. The molecular formula is C16H15ClN2O2. The number of aromatic nitrogens is 1. The molecule has 4 nitrogen and oxygen atoms in total. The van der Waals surface area contributed by atoms with Crippen LogP contribution in [-0.2, 0) is 0 Å². The molecule has 5 heteroatoms. The zero-order chi connectivity index (χ0) is 15.4. The summed E-state index contributed by atoms with van der Waals surface area (Å²) in [7, 11) is 0. The van der Waals surface area contributed by atoms with Crippen LogP contribution in [0.2, 0.25) is 5.02 Å². The largest absolute Gasteiger partial charge is 0.321 e. The number of hydrogen-bond donors (Lipinski definition) is 1. The van der Waals surface area contributed by atoms with Gasteiger partial charge in [-0.3, -0.25) is 14.6 Å². The van der Waals surface area contributed by atoms with Crippen molar-refractivity contribution in [2.24, 2.45) is 0 Å². The number of hydrogen-bond acceptors (Lipinski definition) is 3. The number of carbonyl (C=O) groups is 2. The Bertz CT molecular complexity index is 681. The molecule has 1 N–H and O–H groups in total. The van der Waals surface area contributed by atoms with Crippen molar-refractivity contribution in [3.05, 3.63) is 58.4 Å². The molecule has 0 aliphatic rings. The lowest BCUT2D eigenvalue weighted by Crippen LogP contribution is -2.13. The maximum atomic E-state index is 12.1. The number of pyridine rings is 1. The molecule has 1 heterocycles. The molecule has 1 amide bonds. The second kappa shape index (κ2) is 6.50. The van der Waals surface area contributed by atoms with Gasteiger partial charge < -0.3 is 5.32 Å². The van der Waals surface area contributed by atoms with Crippen LogP contribution in [0.4, 0.5) is 5.69 Å². The summed E-state index contributed by atoms with van der Waals surface area (Å²) in [5.41, 5.74) is 2.21. The molecule has 2 aromatic rings. The van der Waals surface area contributed by atoms with Crippen LogP contribution >= 0.6 is 11.6 Å². The minimum absolute atomic E-state index is 0.000770. The molecule has 0 saturated heterocycles. The predicted molar refractivity (Wildman–Crippen MR) is 83.0 cm³/mol. The number of halogens is 1. The molecule has 0 spiro atoms. The summed E-state index contributed by atoms with van der Waals surface area (Å²) < 4.78 is 0. The molecule has 0 atom stereocenters. The Labute approximate surface area is 128 Å². The second-order valence-electron chi connectivity index (χ2n) is 4.61. The molecule has 1 aromatic carbocycles. The fourth-order valence-corrected chi connectivity index (χ4v) is 1.96. The molecular weight excluding hydrogens is 288 g/mol. The van der Waals surface area contributed by atoms with Crippen LogP contribution in [0, 0.1) is 6.92 Å². The third-order valence-corrected chi connectivity index (χ3v) is 3.36. The first-order valence-corrected chi connectivity index (χ1v) is 6.96. The molecule has 21 heavy (non-hydrogen) atoms. The van der Waals surface area contributed by atoms with E-state index < -0.39 is 0 Å². The lowest BCUT2D eigenvalue weighted by atomic mass is 10.1. The van der Waals surface area contributed by atoms with Crippen LogP contribution in [0.3, 0.4) is 0 Å². The molecule has 0 fully saturated rings. The highest BCUT2D eigenvalue weighted by Crippen LogP contribution is 2.24. The van der Waals surface area contributed by atoms with E-state index in [0.29, 0.717) is 28.3 Å². The summed E-state index contributed by atoms with van der Waals surface area (Å²) in [5, 5.41) is 3.09. The van der Waals surface area contributed by atoms with Gasteiger partial charge in [0.25, 0.3) is 5.91 Å². The molecule has 0 aliphatic heterocycles. The molecule has 0 radical (unpaired) electrons. The van der Waals surface area contributed by atoms with Gasteiger partial charge in [0, 0.05) is 23.9 Å². The summed E-state index contributed by atoms with van der Waals surface area (Å²) in [6, 6.07) is 8.29. The lowest BCUT2D eigenvalue weighted by Gasteiger charge is -2.09. The quantitative estimate of drug-likeness (QED) is 0.872. The minimum atomic E-state index is -0.314. The Hall–Kier alpha value is -2.20. The highest BCUT2D eigenvalue weighted by Gasteiger charge is 2.11. The second-order valence-corrected chi connectivity index (χ2v) is 5.02. The fraction of sp³-hybridized carbons (Fsp3) is 0.188. The average Bonchev–Trinajstić information content (AvgIpc) is 2.49. The number of nitrogens with one attached hydrogen (secondary N) is 1. The molecule has 2 rings (SSSR count). The van der Waals surface area contributed by atoms with Crippen LogP contribution in [0.15, 0.2) is 36.5 Å². The zero-order valence-corrected chi connectivity index (χ0v) is 12.6. The monoisotopic (exact) mass is 302 g/mol. The summed E-state index contributed by atoms with van der Waals surface area (Å²) >= 11 is 6.06. The van der Waals surface area contributed by atoms with Crippen LogP contribution in [0.5, 0.6) is 0 Å². The van der Waals surface area contributed by atoms with E-state index in [9.17, 15) is 9.59 Å². The van der Waals surface area contributed by atoms with Gasteiger partial charge in [0.2, 0.25) is 0 Å². The first kappa shape index (κ1) is 15.2. The van der Waals surface area contributed by atoms with E-state index >= 15 is 0 Å². The number of aryl methyl sites for hydroxylation is 1. The minimum Gasteiger partial charge on any atom is -0.321 e. The van der Waals surface area contributed by atoms with Gasteiger partial charge >= 0.3 is 0 Å². The number of benzene rings is 1. The molecule has 108 valence electrons. The van der Waals surface area contributed by atoms with Gasteiger partial charge in [-0.1, -0.05) is 18.5 Å². The smallest absolute Gasteiger partial charge is 0.257 e. The van der Waals surface area contributed by atoms with Crippen LogP contribution in [0.25, 0.3) is 0 Å². The van der Waals surface area contributed by atoms with E-state index in [1.165, 1.54) is 6.20 Å². The van der Waals surface area contributed by atoms with Gasteiger partial charge in [0.15, 0.2) is 5.78 Å². The van der Waals surface area contributed by atoms with Crippen molar-refractivity contribution in [3.8, 4) is 0 Å². The Morgan fingerprint density at radius 3 is 2.52 bits per heavy atom. The Morgan fingerprint density at radius 2 is 1.90 bits per heavy atom. The third-order valence-electron chi connectivity index (χ3n) is 3.03. The molecule has 1 aromatic heterocycles. The molecule has 0 saturated carbocycles. The van der Waals surface area contributed by atoms with Gasteiger partial charge in [0.05, 0.1) is 16.3 Å². The van der Waals surface area contributed by atoms with Crippen LogP contribution in [-0.4, -0.2) is 16.7 Å². The summed E-state index contributed by atoms with van der Waals surface area (Å²) in [4.78, 5) is 27.9. The average molecular weight is 303 g/mol. The van der Waals surface area contributed by atoms with Crippen molar-refractivity contribution in [1.29, 1.82) is 0 Å². The summed E-state index contributed by atoms with van der Waals surface area (Å²) in [5.74, 6) is -0.315. The maximum Gasteiger partial charge on any atom is 0.257 e. The van der Waals surface area contributed by atoms with Crippen molar-refractivity contribution < 1.29 is 9.59 Å². The van der Waals surface area contributed by atoms with E-state index in [1.54, 1.807) is 37.3 Å². The predicted octanol–water partition coefficient (Wildman–Crippen LogP) is 3.89. The van der Waals surface area contributed by atoms with E-state index in [4.69, 9.17) is 11.6 Å². The number of carbonyl (C=O) groups excluding carboxylic acids is 2. The van der Waals surface area contributed by atoms with E-state index in [2.05, 4.69) is 10.3 Å². The number of amides is 1. The van der Waals surface area contributed by atoms with Crippen LogP contribution < -0.4 is 5.32 Å². The van der Waals surface area contributed by atoms with E-state index in [1.807, 2.05) is 6.92 Å². The van der Waals surface area contributed by atoms with Crippen molar-refractivity contribution in [3.63, 3.8) is 0 Å². The van der Waals surface area contributed by atoms with Gasteiger partial charge in [0.1, 0.15) is 0 Å². The number of nitrogens with zero attached hydrogens (tertiary/aromatic N) is 1. The topological polar surface area (TPSA) is 59.1 Å². The molecule has 0 bridgehead atoms. The number of rotatable bonds is 4. The Morgan fingerprint density at radius 1 is 1.19 bits per heavy atom. The maximum absolute atomic E-state index is 12.1. The Balaban J connectivity index is 2.24. The van der Waals surface area contributed by atoms with Gasteiger partial charge in [-0.2, -0.15) is 0 Å². The van der Waals surface area contributed by atoms with Crippen molar-refractivity contribution in [2.45, 2.75) is 20.3 Å². The van der Waals surface area contributed by atoms with Crippen molar-refractivity contribution >= 4 is 29.0 Å². The van der Waals surface area contributed by atoms with Crippen LogP contribution in [0.1, 0.15) is 39.8 Å². The SMILES string of the molecule is CCC(=O)c1ccc(Cl)c(NC(=O)c2ccc(C)nc2)c1. The van der Waals surface area contributed by atoms with E-state index in [0.717, 1.165) is 5.69 Å². The number of Topliss-reactive ketones (excluding diaryl/α,β-unsaturated/α-hetero) is 1. The molecule has 0 unspecified atom stereocenters. The zero-order valence-electron chi connectivity index (χ0n) is 11.8. The number of ketones is 1. The summed E-state index contributed by atoms with van der Waals surface area (Å²) in [6.07, 6.45) is 1.90. The fourth-order valence-electron chi connectivity index (χ4n) is 1.80. The normalized spacial score (nSPS) is 10.2. The first-order chi connectivity index (χ1) is 10.0. The summed E-state index contributed by atoms with van der Waals surface area (Å²) in [6.45, 7) is 3.63. The Kier molecular flexibility index (Phi) is 4.70. The third kappa shape index (κ3) is 3.67. The first-order valence-electron chi connectivity index (χ1n) is 6.58. The highest BCUT2D eigenvalue weighted by atomic mass is 35.5. The van der Waals surface area contributed by atoms with Gasteiger partial charge in [-0.25, -0.2) is 0 Å². The molecule has 0 aliphatic carbocycles. The highest BCUT2D eigenvalue weighted by molar-refractivity contribution is 6.34. The van der Waals surface area contributed by atoms with Gasteiger partial charge in [-0.15, -0.1) is 0 Å². The lowest BCUT2D eigenvalue weighted by molar-refractivity contribution is 0.0985. The van der Waals surface area contributed by atoms with Crippen molar-refractivity contribution in [1.82, 2.24) is 4.98 Å². The standard InChI is InChI=1S/C16H15ClN2O2/c1-3-15(20)11-6-7-13(17)14(8-11)19-16(21)12-5-4-10(2)18-9-12/h4-9H,3H2,1-2H3,(H,19,21).